The van der Waals surface area contributed by atoms with Crippen LogP contribution in [0.15, 0.2) is 29.3 Å². The predicted molar refractivity (Wildman–Crippen MR) is 109 cm³/mol. The van der Waals surface area contributed by atoms with Gasteiger partial charge in [-0.1, -0.05) is 45.0 Å². The lowest BCUT2D eigenvalue weighted by Crippen LogP contribution is -2.41. The second-order valence-electron chi connectivity index (χ2n) is 8.58. The molecule has 2 rings (SSSR count). The van der Waals surface area contributed by atoms with Gasteiger partial charge in [0.15, 0.2) is 5.96 Å². The van der Waals surface area contributed by atoms with E-state index in [4.69, 9.17) is 0 Å². The average Bonchev–Trinajstić information content (AvgIpc) is 3.03. The fraction of sp³-hybridized carbons (Fsp3) is 0.667. The largest absolute Gasteiger partial charge is 0.401 e. The van der Waals surface area contributed by atoms with Crippen molar-refractivity contribution in [2.75, 3.05) is 39.8 Å². The molecular weight excluding hydrogens is 365 g/mol. The van der Waals surface area contributed by atoms with Crippen LogP contribution in [0.25, 0.3) is 0 Å². The van der Waals surface area contributed by atoms with E-state index in [1.165, 1.54) is 16.0 Å². The van der Waals surface area contributed by atoms with E-state index >= 15 is 0 Å². The van der Waals surface area contributed by atoms with Crippen LogP contribution in [-0.4, -0.2) is 56.8 Å². The van der Waals surface area contributed by atoms with Gasteiger partial charge in [0.2, 0.25) is 0 Å². The summed E-state index contributed by atoms with van der Waals surface area (Å²) in [5.41, 5.74) is 2.73. The number of alkyl halides is 3. The molecule has 4 nitrogen and oxygen atoms in total. The zero-order valence-electron chi connectivity index (χ0n) is 17.4. The van der Waals surface area contributed by atoms with Crippen molar-refractivity contribution >= 4 is 5.96 Å². The van der Waals surface area contributed by atoms with Gasteiger partial charge < -0.3 is 10.6 Å². The van der Waals surface area contributed by atoms with E-state index in [1.807, 2.05) is 0 Å². The van der Waals surface area contributed by atoms with Crippen LogP contribution in [0.3, 0.4) is 0 Å². The molecule has 1 aromatic carbocycles. The van der Waals surface area contributed by atoms with Crippen LogP contribution in [0.1, 0.15) is 38.3 Å². The van der Waals surface area contributed by atoms with Crippen molar-refractivity contribution in [3.05, 3.63) is 35.4 Å². The molecule has 1 unspecified atom stereocenters. The van der Waals surface area contributed by atoms with Gasteiger partial charge in [-0.15, -0.1) is 0 Å². The van der Waals surface area contributed by atoms with Gasteiger partial charge in [-0.05, 0) is 41.8 Å². The molecule has 2 N–H and O–H groups in total. The van der Waals surface area contributed by atoms with Gasteiger partial charge in [0.1, 0.15) is 0 Å². The van der Waals surface area contributed by atoms with Crippen LogP contribution in [0.4, 0.5) is 13.2 Å². The molecule has 1 aliphatic rings. The van der Waals surface area contributed by atoms with E-state index in [1.54, 1.807) is 7.05 Å². The van der Waals surface area contributed by atoms with E-state index in [0.717, 1.165) is 19.4 Å². The van der Waals surface area contributed by atoms with Crippen LogP contribution in [0.5, 0.6) is 0 Å². The normalized spacial score (nSPS) is 19.1. The second kappa shape index (κ2) is 9.63. The fourth-order valence-corrected chi connectivity index (χ4v) is 3.43. The van der Waals surface area contributed by atoms with Crippen molar-refractivity contribution in [2.45, 2.75) is 45.2 Å². The first kappa shape index (κ1) is 22.5. The number of hydrogen-bond donors (Lipinski definition) is 2. The van der Waals surface area contributed by atoms with Crippen molar-refractivity contribution in [1.29, 1.82) is 0 Å². The van der Waals surface area contributed by atoms with Gasteiger partial charge in [-0.3, -0.25) is 9.89 Å². The molecule has 1 aliphatic heterocycles. The first-order chi connectivity index (χ1) is 13.1. The number of rotatable bonds is 6. The summed E-state index contributed by atoms with van der Waals surface area (Å²) in [5.74, 6) is 0.909. The Balaban J connectivity index is 1.69. The Morgan fingerprint density at radius 1 is 1.14 bits per heavy atom. The Morgan fingerprint density at radius 2 is 1.82 bits per heavy atom. The number of halogens is 3. The van der Waals surface area contributed by atoms with Gasteiger partial charge in [0.25, 0.3) is 0 Å². The predicted octanol–water partition coefficient (Wildman–Crippen LogP) is 3.58. The highest BCUT2D eigenvalue weighted by Gasteiger charge is 2.34. The maximum absolute atomic E-state index is 12.5. The third-order valence-electron chi connectivity index (χ3n) is 5.08. The summed E-state index contributed by atoms with van der Waals surface area (Å²) in [7, 11) is 1.71. The summed E-state index contributed by atoms with van der Waals surface area (Å²) in [4.78, 5) is 5.68. The van der Waals surface area contributed by atoms with E-state index in [-0.39, 0.29) is 11.3 Å². The molecule has 0 aliphatic carbocycles. The van der Waals surface area contributed by atoms with Crippen LogP contribution in [0, 0.1) is 5.92 Å². The van der Waals surface area contributed by atoms with Crippen LogP contribution in [-0.2, 0) is 11.8 Å². The van der Waals surface area contributed by atoms with E-state index in [9.17, 15) is 13.2 Å². The molecule has 0 saturated carbocycles. The third kappa shape index (κ3) is 7.70. The number of guanidine groups is 1. The number of aliphatic imine (C=N–C) groups is 1. The minimum Gasteiger partial charge on any atom is -0.356 e. The summed E-state index contributed by atoms with van der Waals surface area (Å²) < 4.78 is 37.4. The minimum atomic E-state index is -4.12. The van der Waals surface area contributed by atoms with Gasteiger partial charge in [0.05, 0.1) is 6.54 Å². The van der Waals surface area contributed by atoms with E-state index in [0.29, 0.717) is 25.6 Å². The lowest BCUT2D eigenvalue weighted by molar-refractivity contribution is -0.143. The number of nitrogens with zero attached hydrogens (tertiary/aromatic N) is 2. The van der Waals surface area contributed by atoms with E-state index < -0.39 is 12.7 Å². The first-order valence-corrected chi connectivity index (χ1v) is 9.90. The Labute approximate surface area is 166 Å². The summed E-state index contributed by atoms with van der Waals surface area (Å²) >= 11 is 0. The SMILES string of the molecule is CN=C(NCCc1ccc(C(C)(C)C)cc1)NCC1CCN(CC(F)(F)F)C1. The molecule has 1 fully saturated rings. The topological polar surface area (TPSA) is 39.7 Å². The average molecular weight is 399 g/mol. The van der Waals surface area contributed by atoms with Crippen LogP contribution in [0.2, 0.25) is 0 Å². The monoisotopic (exact) mass is 398 g/mol. The molecule has 7 heteroatoms. The first-order valence-electron chi connectivity index (χ1n) is 9.90. The summed E-state index contributed by atoms with van der Waals surface area (Å²) in [6.45, 7) is 8.15. The molecule has 158 valence electrons. The Hall–Kier alpha value is -1.76. The molecule has 0 aromatic heterocycles. The molecular formula is C21H33F3N4. The fourth-order valence-electron chi connectivity index (χ4n) is 3.43. The molecule has 28 heavy (non-hydrogen) atoms. The molecule has 0 bridgehead atoms. The van der Waals surface area contributed by atoms with Crippen molar-refractivity contribution < 1.29 is 13.2 Å². The molecule has 1 heterocycles. The lowest BCUT2D eigenvalue weighted by atomic mass is 9.86. The second-order valence-corrected chi connectivity index (χ2v) is 8.58. The molecule has 0 radical (unpaired) electrons. The van der Waals surface area contributed by atoms with Crippen LogP contribution >= 0.6 is 0 Å². The highest BCUT2D eigenvalue weighted by atomic mass is 19.4. The maximum Gasteiger partial charge on any atom is 0.401 e. The summed E-state index contributed by atoms with van der Waals surface area (Å²) in [6, 6.07) is 8.67. The van der Waals surface area contributed by atoms with E-state index in [2.05, 4.69) is 60.7 Å². The number of hydrogen-bond acceptors (Lipinski definition) is 2. The van der Waals surface area contributed by atoms with Crippen molar-refractivity contribution in [3.63, 3.8) is 0 Å². The standard InChI is InChI=1S/C21H33F3N4/c1-20(2,3)18-7-5-16(6-8-18)9-11-26-19(25-4)27-13-17-10-12-28(14-17)15-21(22,23)24/h5-8,17H,9-15H2,1-4H3,(H2,25,26,27). The highest BCUT2D eigenvalue weighted by molar-refractivity contribution is 5.79. The van der Waals surface area contributed by atoms with Gasteiger partial charge >= 0.3 is 6.18 Å². The number of nitrogens with one attached hydrogen (secondary N) is 2. The number of benzene rings is 1. The van der Waals surface area contributed by atoms with Gasteiger partial charge in [-0.25, -0.2) is 0 Å². The Morgan fingerprint density at radius 3 is 2.39 bits per heavy atom. The maximum atomic E-state index is 12.5. The van der Waals surface area contributed by atoms with Crippen molar-refractivity contribution in [2.24, 2.45) is 10.9 Å². The quantitative estimate of drug-likeness (QED) is 0.568. The van der Waals surface area contributed by atoms with Gasteiger partial charge in [0, 0.05) is 26.7 Å². The highest BCUT2D eigenvalue weighted by Crippen LogP contribution is 2.23. The number of likely N-dealkylation sites (tertiary alicyclic amines) is 1. The summed E-state index contributed by atoms with van der Waals surface area (Å²) in [5, 5.41) is 6.52. The van der Waals surface area contributed by atoms with Gasteiger partial charge in [-0.2, -0.15) is 13.2 Å². The summed E-state index contributed by atoms with van der Waals surface area (Å²) in [6.07, 6.45) is -2.46. The third-order valence-corrected chi connectivity index (χ3v) is 5.08. The zero-order chi connectivity index (χ0) is 20.8. The molecule has 0 spiro atoms. The van der Waals surface area contributed by atoms with Crippen molar-refractivity contribution in [3.8, 4) is 0 Å². The Kier molecular flexibility index (Phi) is 7.75. The molecule has 1 saturated heterocycles. The lowest BCUT2D eigenvalue weighted by Gasteiger charge is -2.19. The molecule has 1 aromatic rings. The Bertz CT molecular complexity index is 633. The van der Waals surface area contributed by atoms with Crippen molar-refractivity contribution in [1.82, 2.24) is 15.5 Å². The molecule has 0 amide bonds. The molecule has 1 atom stereocenters. The smallest absolute Gasteiger partial charge is 0.356 e. The van der Waals surface area contributed by atoms with Crippen LogP contribution < -0.4 is 10.6 Å². The minimum absolute atomic E-state index is 0.151. The zero-order valence-corrected chi connectivity index (χ0v) is 17.4.